The van der Waals surface area contributed by atoms with E-state index in [0.29, 0.717) is 32.1 Å². The molecule has 2 aliphatic carbocycles. The molecule has 0 bridgehead atoms. The second-order valence-electron chi connectivity index (χ2n) is 26.6. The Morgan fingerprint density at radius 1 is 0.740 bits per heavy atom. The van der Waals surface area contributed by atoms with E-state index in [-0.39, 0.29) is 88.6 Å². The summed E-state index contributed by atoms with van der Waals surface area (Å²) in [5, 5.41) is 15.4. The van der Waals surface area contributed by atoms with Gasteiger partial charge in [-0.05, 0) is 101 Å². The molecule has 30 heteroatoms. The third kappa shape index (κ3) is 19.9. The van der Waals surface area contributed by atoms with Crippen molar-refractivity contribution in [3.8, 4) is 0 Å². The fraction of sp³-hybridized carbons (Fsp3) is 0.712. The van der Waals surface area contributed by atoms with Gasteiger partial charge in [0.05, 0.1) is 31.2 Å². The zero-order chi connectivity index (χ0) is 71.8. The number of likely N-dealkylation sites (tertiary alicyclic amines) is 2. The summed E-state index contributed by atoms with van der Waals surface area (Å²) in [6.45, 7) is 5.95. The highest BCUT2D eigenvalue weighted by Gasteiger charge is 2.53. The molecule has 2 aliphatic heterocycles. The molecule has 1 aromatic carbocycles. The van der Waals surface area contributed by atoms with Gasteiger partial charge < -0.3 is 70.3 Å². The number of carbonyl (C=O) groups is 13. The van der Waals surface area contributed by atoms with Crippen molar-refractivity contribution in [2.24, 2.45) is 17.6 Å². The lowest BCUT2D eigenvalue weighted by atomic mass is 9.74. The second kappa shape index (κ2) is 34.8. The molecule has 2 saturated carbocycles. The molecule has 9 atom stereocenters. The zero-order valence-electron chi connectivity index (χ0n) is 57.7. The molecule has 0 radical (unpaired) electrons. The summed E-state index contributed by atoms with van der Waals surface area (Å²) in [7, 11) is 11.2. The quantitative estimate of drug-likeness (QED) is 0.0804. The smallest absolute Gasteiger partial charge is 0.416 e. The molecule has 536 valence electrons. The minimum Gasteiger partial charge on any atom is -0.481 e. The van der Waals surface area contributed by atoms with Crippen LogP contribution in [0.4, 0.5) is 13.2 Å². The Balaban J connectivity index is 1.40. The van der Waals surface area contributed by atoms with Crippen molar-refractivity contribution >= 4 is 76.9 Å². The average Bonchev–Trinajstić information content (AvgIpc) is 1.11. The summed E-state index contributed by atoms with van der Waals surface area (Å²) in [5.74, 6) is -9.95. The van der Waals surface area contributed by atoms with E-state index in [1.807, 2.05) is 13.8 Å². The minimum atomic E-state index is -4.70. The zero-order valence-corrected chi connectivity index (χ0v) is 57.7. The number of rotatable bonds is 32. The van der Waals surface area contributed by atoms with Crippen LogP contribution in [0.15, 0.2) is 24.3 Å². The number of amides is 12. The Kier molecular flexibility index (Phi) is 28.6. The van der Waals surface area contributed by atoms with Crippen molar-refractivity contribution in [1.29, 1.82) is 0 Å². The summed E-state index contributed by atoms with van der Waals surface area (Å²) in [5.41, 5.74) is 3.22. The molecular formula is C66H101F3N12O15. The van der Waals surface area contributed by atoms with Crippen LogP contribution < -0.4 is 16.4 Å². The van der Waals surface area contributed by atoms with E-state index in [1.165, 1.54) is 80.9 Å². The highest BCUT2D eigenvalue weighted by atomic mass is 19.4. The second-order valence-corrected chi connectivity index (χ2v) is 26.6. The molecule has 5 rings (SSSR count). The third-order valence-corrected chi connectivity index (χ3v) is 19.5. The van der Waals surface area contributed by atoms with Crippen LogP contribution in [-0.2, 0) is 79.7 Å². The number of alkyl halides is 3. The number of nitrogens with one attached hydrogen (secondary N) is 2. The minimum absolute atomic E-state index is 0.0312. The normalized spacial score (nSPS) is 19.8. The summed E-state index contributed by atoms with van der Waals surface area (Å²) in [6, 6.07) is -5.14. The van der Waals surface area contributed by atoms with Gasteiger partial charge >= 0.3 is 12.1 Å². The number of benzene rings is 1. The number of carboxylic acids is 1. The van der Waals surface area contributed by atoms with Gasteiger partial charge in [-0.15, -0.1) is 0 Å². The molecule has 27 nitrogen and oxygen atoms in total. The number of carboxylic acid groups (broad SMARTS) is 1. The summed E-state index contributed by atoms with van der Waals surface area (Å²) in [4.78, 5) is 193. The fourth-order valence-electron chi connectivity index (χ4n) is 13.3. The van der Waals surface area contributed by atoms with Crippen LogP contribution in [0.3, 0.4) is 0 Å². The molecule has 2 saturated heterocycles. The van der Waals surface area contributed by atoms with E-state index in [1.54, 1.807) is 13.8 Å². The summed E-state index contributed by atoms with van der Waals surface area (Å²) in [6.07, 6.45) is -2.26. The summed E-state index contributed by atoms with van der Waals surface area (Å²) < 4.78 is 47.2. The molecular weight excluding hydrogens is 1260 g/mol. The third-order valence-electron chi connectivity index (χ3n) is 19.5. The number of ether oxygens (including phenoxy) is 1. The molecule has 0 spiro atoms. The van der Waals surface area contributed by atoms with Crippen LogP contribution >= 0.6 is 0 Å². The van der Waals surface area contributed by atoms with Crippen LogP contribution in [-0.4, -0.2) is 269 Å². The van der Waals surface area contributed by atoms with Gasteiger partial charge in [0.2, 0.25) is 70.9 Å². The van der Waals surface area contributed by atoms with Crippen LogP contribution in [0.25, 0.3) is 0 Å². The topological polar surface area (TPSA) is 331 Å². The first-order valence-corrected chi connectivity index (χ1v) is 33.3. The van der Waals surface area contributed by atoms with Gasteiger partial charge in [-0.3, -0.25) is 62.3 Å². The number of aliphatic carboxylic acids is 1. The van der Waals surface area contributed by atoms with Gasteiger partial charge in [-0.2, -0.15) is 13.2 Å². The highest BCUT2D eigenvalue weighted by molar-refractivity contribution is 6.00. The van der Waals surface area contributed by atoms with E-state index < -0.39 is 168 Å². The largest absolute Gasteiger partial charge is 0.481 e. The van der Waals surface area contributed by atoms with Gasteiger partial charge in [0.1, 0.15) is 47.8 Å². The number of hydrogen-bond acceptors (Lipinski definition) is 14. The van der Waals surface area contributed by atoms with Gasteiger partial charge in [-0.1, -0.05) is 52.2 Å². The van der Waals surface area contributed by atoms with Crippen LogP contribution in [0.2, 0.25) is 0 Å². The van der Waals surface area contributed by atoms with Gasteiger partial charge in [0.15, 0.2) is 0 Å². The SMILES string of the molecule is CCO[C@@H]1C[C@@H](C(=O)NC2(C(=O)N(C)[C@H](C(=O)N(C)[C@@H](CC(=O)N(C)[C@@H](CC)C(N)=O)C(=O)N(C)C)C3CCCC3)CCC2)N(C(=O)[C@H](CCC(=O)O)NC(=O)CN(C)C(=O)[C@H](Cc2ccc(C(F)(F)F)cc2)N2CCCC[C@H](N(C)C(=O)CN(C)C(=O)C[C@@H](C)CC)C2=O)C1. The highest BCUT2D eigenvalue weighted by Crippen LogP contribution is 2.39. The first kappa shape index (κ1) is 78.8. The number of halogens is 3. The van der Waals surface area contributed by atoms with Crippen molar-refractivity contribution in [3.63, 3.8) is 0 Å². The van der Waals surface area contributed by atoms with Crippen molar-refractivity contribution in [2.75, 3.05) is 89.2 Å². The van der Waals surface area contributed by atoms with Crippen molar-refractivity contribution in [2.45, 2.75) is 203 Å². The van der Waals surface area contributed by atoms with Crippen LogP contribution in [0, 0.1) is 11.8 Å². The van der Waals surface area contributed by atoms with Gasteiger partial charge in [0.25, 0.3) is 0 Å². The van der Waals surface area contributed by atoms with Crippen molar-refractivity contribution in [1.82, 2.24) is 54.7 Å². The maximum atomic E-state index is 15.2. The molecule has 96 heavy (non-hydrogen) atoms. The number of hydrogen-bond donors (Lipinski definition) is 4. The Morgan fingerprint density at radius 3 is 1.91 bits per heavy atom. The molecule has 12 amide bonds. The molecule has 1 aromatic rings. The molecule has 4 fully saturated rings. The van der Waals surface area contributed by atoms with Crippen LogP contribution in [0.5, 0.6) is 0 Å². The van der Waals surface area contributed by atoms with Crippen molar-refractivity contribution in [3.05, 3.63) is 35.4 Å². The number of nitrogens with zero attached hydrogens (tertiary/aromatic N) is 9. The van der Waals surface area contributed by atoms with Crippen molar-refractivity contribution < 1.29 is 85.3 Å². The van der Waals surface area contributed by atoms with E-state index in [9.17, 15) is 71.0 Å². The fourth-order valence-corrected chi connectivity index (χ4v) is 13.3. The Labute approximate surface area is 560 Å². The van der Waals surface area contributed by atoms with E-state index in [4.69, 9.17) is 10.5 Å². The molecule has 2 heterocycles. The van der Waals surface area contributed by atoms with E-state index in [2.05, 4.69) is 10.6 Å². The molecule has 0 unspecified atom stereocenters. The maximum Gasteiger partial charge on any atom is 0.416 e. The monoisotopic (exact) mass is 1360 g/mol. The van der Waals surface area contributed by atoms with E-state index >= 15 is 9.59 Å². The lowest BCUT2D eigenvalue weighted by Gasteiger charge is -2.46. The number of carbonyl (C=O) groups excluding carboxylic acids is 12. The predicted molar refractivity (Wildman–Crippen MR) is 344 cm³/mol. The standard InChI is InChI=1S/C66H101F3N12O15/c1-13-40(4)33-52(83)74(7)39-54(85)77(10)47-23-18-19-32-80(62(47)93)50(34-41-24-26-43(27-25-41)66(67,68)69)61(92)75(8)38-51(82)71-45(28-29-55(86)87)59(90)81-37-44(96-15-3)35-48(81)58(89)72-65(30-20-31-65)64(95)79(12)56(42-21-16-17-22-42)63(94)78(11)49(60(91)73(5)6)36-53(84)76(9)46(14-2)57(70)88/h24-27,40,42,44-50,56H,13-23,28-39H2,1-12H3,(H2,70,88)(H,71,82)(H,72,89)(H,86,87)/t40-,44+,45-,46-,47-,48-,49-,50-,56-/m0/s1. The molecule has 5 N–H and O–H groups in total. The summed E-state index contributed by atoms with van der Waals surface area (Å²) >= 11 is 0. The lowest BCUT2D eigenvalue weighted by Crippen LogP contribution is -2.68. The van der Waals surface area contributed by atoms with E-state index in [0.717, 1.165) is 63.1 Å². The van der Waals surface area contributed by atoms with Gasteiger partial charge in [-0.25, -0.2) is 0 Å². The average molecular weight is 1360 g/mol. The molecule has 0 aromatic heterocycles. The predicted octanol–water partition coefficient (Wildman–Crippen LogP) is 2.25. The lowest BCUT2D eigenvalue weighted by molar-refractivity contribution is -0.157. The Morgan fingerprint density at radius 2 is 1.36 bits per heavy atom. The Hall–Kier alpha value is -7.92. The number of nitrogens with two attached hydrogens (primary N) is 1. The number of likely N-dealkylation sites (N-methyl/N-ethyl adjacent to an activating group) is 7. The maximum absolute atomic E-state index is 15.2. The van der Waals surface area contributed by atoms with Gasteiger partial charge in [0, 0.05) is 102 Å². The first-order valence-electron chi connectivity index (χ1n) is 33.3. The Bertz CT molecular complexity index is 2980. The molecule has 4 aliphatic rings. The first-order chi connectivity index (χ1) is 45.0. The number of primary amides is 1. The van der Waals surface area contributed by atoms with Crippen LogP contribution in [0.1, 0.15) is 148 Å².